The maximum Gasteiger partial charge on any atom is 0.251 e. The molecule has 26 heavy (non-hydrogen) atoms. The molecule has 1 heterocycles. The quantitative estimate of drug-likeness (QED) is 0.736. The Hall–Kier alpha value is -1.59. The van der Waals surface area contributed by atoms with Crippen molar-refractivity contribution in [1.29, 1.82) is 0 Å². The van der Waals surface area contributed by atoms with E-state index in [4.69, 9.17) is 0 Å². The molecule has 1 aliphatic carbocycles. The van der Waals surface area contributed by atoms with Gasteiger partial charge in [-0.2, -0.15) is 0 Å². The van der Waals surface area contributed by atoms with E-state index in [9.17, 15) is 9.59 Å². The number of rotatable bonds is 5. The van der Waals surface area contributed by atoms with Crippen LogP contribution in [0.3, 0.4) is 0 Å². The number of hydrogen-bond acceptors (Lipinski definition) is 3. The molecule has 0 aromatic heterocycles. The van der Waals surface area contributed by atoms with Gasteiger partial charge >= 0.3 is 0 Å². The first-order valence-electron chi connectivity index (χ1n) is 9.32. The molecule has 2 fully saturated rings. The largest absolute Gasteiger partial charge is 0.352 e. The summed E-state index contributed by atoms with van der Waals surface area (Å²) < 4.78 is 0. The number of benzene rings is 1. The number of halogens is 1. The van der Waals surface area contributed by atoms with E-state index in [1.54, 1.807) is 6.07 Å². The summed E-state index contributed by atoms with van der Waals surface area (Å²) in [6.45, 7) is 8.76. The standard InChI is InChI=1S/C20H29N3O2.ClH/c1-13(2)12-22-18(24)15-4-5-17(14(3)10-15)23-19(25)16-11-20(16)6-8-21-9-7-20;/h4-5,10,13,16,21H,6-9,11-12H2,1-3H3,(H,22,24)(H,23,25);1H. The molecule has 3 rings (SSSR count). The van der Waals surface area contributed by atoms with Gasteiger partial charge in [-0.05, 0) is 74.4 Å². The van der Waals surface area contributed by atoms with E-state index in [1.165, 1.54) is 0 Å². The van der Waals surface area contributed by atoms with E-state index in [1.807, 2.05) is 19.1 Å². The lowest BCUT2D eigenvalue weighted by Crippen LogP contribution is -2.31. The summed E-state index contributed by atoms with van der Waals surface area (Å²) in [5, 5.41) is 9.35. The van der Waals surface area contributed by atoms with E-state index >= 15 is 0 Å². The van der Waals surface area contributed by atoms with Crippen molar-refractivity contribution >= 4 is 29.9 Å². The summed E-state index contributed by atoms with van der Waals surface area (Å²) in [7, 11) is 0. The highest BCUT2D eigenvalue weighted by Crippen LogP contribution is 2.58. The highest BCUT2D eigenvalue weighted by Gasteiger charge is 2.57. The Kier molecular flexibility index (Phi) is 6.69. The van der Waals surface area contributed by atoms with Gasteiger partial charge in [0.05, 0.1) is 0 Å². The van der Waals surface area contributed by atoms with Crippen molar-refractivity contribution in [3.05, 3.63) is 29.3 Å². The average molecular weight is 380 g/mol. The SMILES string of the molecule is Cc1cc(C(=O)NCC(C)C)ccc1NC(=O)C1CC12CCNCC2.Cl. The smallest absolute Gasteiger partial charge is 0.251 e. The molecule has 1 aromatic rings. The second-order valence-electron chi connectivity index (χ2n) is 7.99. The number of carbonyl (C=O) groups is 2. The summed E-state index contributed by atoms with van der Waals surface area (Å²) in [4.78, 5) is 24.7. The third kappa shape index (κ3) is 4.57. The lowest BCUT2D eigenvalue weighted by atomic mass is 9.91. The van der Waals surface area contributed by atoms with Crippen molar-refractivity contribution < 1.29 is 9.59 Å². The van der Waals surface area contributed by atoms with Gasteiger partial charge in [0.2, 0.25) is 5.91 Å². The van der Waals surface area contributed by atoms with Crippen LogP contribution in [0.1, 0.15) is 49.0 Å². The summed E-state index contributed by atoms with van der Waals surface area (Å²) in [5.74, 6) is 0.625. The summed E-state index contributed by atoms with van der Waals surface area (Å²) >= 11 is 0. The van der Waals surface area contributed by atoms with Crippen LogP contribution < -0.4 is 16.0 Å². The fourth-order valence-electron chi connectivity index (χ4n) is 3.76. The van der Waals surface area contributed by atoms with Crippen LogP contribution in [0.4, 0.5) is 5.69 Å². The second kappa shape index (κ2) is 8.40. The van der Waals surface area contributed by atoms with E-state index in [0.29, 0.717) is 18.0 Å². The number of anilines is 1. The normalized spacial score (nSPS) is 20.4. The van der Waals surface area contributed by atoms with Crippen LogP contribution in [-0.4, -0.2) is 31.4 Å². The maximum atomic E-state index is 12.6. The van der Waals surface area contributed by atoms with Crippen LogP contribution in [0.25, 0.3) is 0 Å². The van der Waals surface area contributed by atoms with Gasteiger partial charge in [-0.3, -0.25) is 9.59 Å². The van der Waals surface area contributed by atoms with Crippen molar-refractivity contribution in [3.8, 4) is 0 Å². The monoisotopic (exact) mass is 379 g/mol. The summed E-state index contributed by atoms with van der Waals surface area (Å²) in [5.41, 5.74) is 2.60. The third-order valence-electron chi connectivity index (χ3n) is 5.52. The molecule has 1 atom stereocenters. The Labute approximate surface area is 162 Å². The molecule has 3 N–H and O–H groups in total. The molecule has 2 amide bonds. The number of aryl methyl sites for hydroxylation is 1. The minimum Gasteiger partial charge on any atom is -0.352 e. The fourth-order valence-corrected chi connectivity index (χ4v) is 3.76. The first kappa shape index (κ1) is 20.7. The molecule has 2 aliphatic rings. The molecule has 1 saturated carbocycles. The number of amides is 2. The van der Waals surface area contributed by atoms with Crippen LogP contribution in [-0.2, 0) is 4.79 Å². The van der Waals surface area contributed by atoms with Crippen molar-refractivity contribution in [1.82, 2.24) is 10.6 Å². The van der Waals surface area contributed by atoms with E-state index in [-0.39, 0.29) is 35.6 Å². The van der Waals surface area contributed by atoms with E-state index < -0.39 is 0 Å². The van der Waals surface area contributed by atoms with Crippen molar-refractivity contribution in [3.63, 3.8) is 0 Å². The summed E-state index contributed by atoms with van der Waals surface area (Å²) in [6, 6.07) is 5.47. The second-order valence-corrected chi connectivity index (χ2v) is 7.99. The molecule has 0 radical (unpaired) electrons. The van der Waals surface area contributed by atoms with Gasteiger partial charge < -0.3 is 16.0 Å². The zero-order valence-corrected chi connectivity index (χ0v) is 16.7. The first-order chi connectivity index (χ1) is 11.9. The Morgan fingerprint density at radius 2 is 1.96 bits per heavy atom. The number of piperidine rings is 1. The van der Waals surface area contributed by atoms with Gasteiger partial charge in [-0.1, -0.05) is 13.8 Å². The molecule has 144 valence electrons. The van der Waals surface area contributed by atoms with Gasteiger partial charge in [0.25, 0.3) is 5.91 Å². The molecule has 6 heteroatoms. The minimum atomic E-state index is -0.0643. The first-order valence-corrected chi connectivity index (χ1v) is 9.32. The lowest BCUT2D eigenvalue weighted by molar-refractivity contribution is -0.118. The number of hydrogen-bond donors (Lipinski definition) is 3. The molecule has 1 saturated heterocycles. The minimum absolute atomic E-state index is 0. The molecule has 1 aromatic carbocycles. The molecular weight excluding hydrogens is 350 g/mol. The van der Waals surface area contributed by atoms with Gasteiger partial charge in [0.15, 0.2) is 0 Å². The molecule has 1 aliphatic heterocycles. The summed E-state index contributed by atoms with van der Waals surface area (Å²) in [6.07, 6.45) is 3.20. The molecule has 5 nitrogen and oxygen atoms in total. The molecular formula is C20H30ClN3O2. The highest BCUT2D eigenvalue weighted by atomic mass is 35.5. The lowest BCUT2D eigenvalue weighted by Gasteiger charge is -2.23. The van der Waals surface area contributed by atoms with Crippen LogP contribution in [0, 0.1) is 24.2 Å². The van der Waals surface area contributed by atoms with Crippen molar-refractivity contribution in [2.75, 3.05) is 25.0 Å². The van der Waals surface area contributed by atoms with Crippen molar-refractivity contribution in [2.45, 2.75) is 40.0 Å². The van der Waals surface area contributed by atoms with Crippen LogP contribution >= 0.6 is 12.4 Å². The number of nitrogens with one attached hydrogen (secondary N) is 3. The van der Waals surface area contributed by atoms with Gasteiger partial charge in [-0.25, -0.2) is 0 Å². The zero-order valence-electron chi connectivity index (χ0n) is 15.9. The van der Waals surface area contributed by atoms with Crippen LogP contribution in [0.2, 0.25) is 0 Å². The fraction of sp³-hybridized carbons (Fsp3) is 0.600. The van der Waals surface area contributed by atoms with E-state index in [0.717, 1.165) is 43.6 Å². The highest BCUT2D eigenvalue weighted by molar-refractivity contribution is 5.98. The van der Waals surface area contributed by atoms with Gasteiger partial charge in [0.1, 0.15) is 0 Å². The Morgan fingerprint density at radius 3 is 2.58 bits per heavy atom. The molecule has 1 unspecified atom stereocenters. The predicted octanol–water partition coefficient (Wildman–Crippen LogP) is 3.13. The third-order valence-corrected chi connectivity index (χ3v) is 5.52. The number of carbonyl (C=O) groups excluding carboxylic acids is 2. The van der Waals surface area contributed by atoms with Crippen LogP contribution in [0.15, 0.2) is 18.2 Å². The molecule has 1 spiro atoms. The van der Waals surface area contributed by atoms with Crippen molar-refractivity contribution in [2.24, 2.45) is 17.3 Å². The Balaban J connectivity index is 0.00000243. The Morgan fingerprint density at radius 1 is 1.27 bits per heavy atom. The zero-order chi connectivity index (χ0) is 18.0. The van der Waals surface area contributed by atoms with Gasteiger partial charge in [0, 0.05) is 23.7 Å². The van der Waals surface area contributed by atoms with E-state index in [2.05, 4.69) is 29.8 Å². The molecule has 0 bridgehead atoms. The maximum absolute atomic E-state index is 12.6. The Bertz CT molecular complexity index is 669. The van der Waals surface area contributed by atoms with Crippen LogP contribution in [0.5, 0.6) is 0 Å². The average Bonchev–Trinajstić information content (AvgIpc) is 3.28. The van der Waals surface area contributed by atoms with Gasteiger partial charge in [-0.15, -0.1) is 12.4 Å². The predicted molar refractivity (Wildman–Crippen MR) is 107 cm³/mol. The topological polar surface area (TPSA) is 70.2 Å².